The minimum atomic E-state index is -0.616. The number of nitrogens with one attached hydrogen (secondary N) is 2. The molecule has 0 saturated heterocycles. The van der Waals surface area contributed by atoms with Gasteiger partial charge in [0.05, 0.1) is 10.7 Å². The Morgan fingerprint density at radius 1 is 1.06 bits per heavy atom. The van der Waals surface area contributed by atoms with Gasteiger partial charge >= 0.3 is 0 Å². The summed E-state index contributed by atoms with van der Waals surface area (Å²) in [7, 11) is 0. The van der Waals surface area contributed by atoms with Crippen LogP contribution in [0.4, 0.5) is 5.69 Å². The summed E-state index contributed by atoms with van der Waals surface area (Å²) in [6.45, 7) is 3.61. The number of amides is 2. The smallest absolute Gasteiger partial charge is 0.257 e. The summed E-state index contributed by atoms with van der Waals surface area (Å²) in [6, 6.07) is 8.63. The average Bonchev–Trinajstić information content (AvgIpc) is 3.16. The molecule has 2 N–H and O–H groups in total. The fourth-order valence-corrected chi connectivity index (χ4v) is 5.29. The van der Waals surface area contributed by atoms with Crippen LogP contribution >= 0.6 is 11.6 Å². The second-order valence-corrected chi connectivity index (χ2v) is 9.48. The van der Waals surface area contributed by atoms with Crippen molar-refractivity contribution in [2.75, 3.05) is 5.32 Å². The van der Waals surface area contributed by atoms with Crippen LogP contribution in [0.3, 0.4) is 0 Å². The molecule has 2 saturated carbocycles. The van der Waals surface area contributed by atoms with Crippen molar-refractivity contribution in [3.63, 3.8) is 0 Å². The van der Waals surface area contributed by atoms with Crippen LogP contribution in [0.2, 0.25) is 5.02 Å². The predicted molar refractivity (Wildman–Crippen MR) is 125 cm³/mol. The standard InChI is InChI=1S/C25H25ClN4O3/c1-13-20(12-33-30-13)24(31)29-23(18-10-16-9-17(16)11-18)25(32)28-19-5-3-15(4-6-19)22-14(2)27-8-7-21(22)26/h3-8,12,16-18,23H,9-11H2,1-2H3,(H,28,32)(H,29,31)/t16-,17+,18+,23-/m0/s1. The fourth-order valence-electron chi connectivity index (χ4n) is 4.98. The molecular weight excluding hydrogens is 440 g/mol. The number of carbonyl (C=O) groups excluding carboxylic acids is 2. The Kier molecular flexibility index (Phi) is 5.66. The Balaban J connectivity index is 1.33. The highest BCUT2D eigenvalue weighted by Crippen LogP contribution is 2.55. The van der Waals surface area contributed by atoms with Crippen molar-refractivity contribution in [2.24, 2.45) is 17.8 Å². The summed E-state index contributed by atoms with van der Waals surface area (Å²) in [4.78, 5) is 30.4. The Morgan fingerprint density at radius 3 is 2.42 bits per heavy atom. The number of aryl methyl sites for hydroxylation is 2. The molecule has 0 aliphatic heterocycles. The van der Waals surface area contributed by atoms with Gasteiger partial charge in [-0.05, 0) is 74.6 Å². The lowest BCUT2D eigenvalue weighted by atomic mass is 9.93. The summed E-state index contributed by atoms with van der Waals surface area (Å²) >= 11 is 6.36. The van der Waals surface area contributed by atoms with Gasteiger partial charge in [-0.2, -0.15) is 0 Å². The third-order valence-corrected chi connectivity index (χ3v) is 7.16. The molecule has 0 unspecified atom stereocenters. The molecule has 2 fully saturated rings. The molecule has 4 atom stereocenters. The third-order valence-electron chi connectivity index (χ3n) is 6.85. The van der Waals surface area contributed by atoms with E-state index < -0.39 is 6.04 Å². The molecule has 2 amide bonds. The number of hydrogen-bond acceptors (Lipinski definition) is 5. The van der Waals surface area contributed by atoms with E-state index in [4.69, 9.17) is 16.1 Å². The van der Waals surface area contributed by atoms with Gasteiger partial charge in [0.25, 0.3) is 5.91 Å². The molecule has 170 valence electrons. The van der Waals surface area contributed by atoms with E-state index in [9.17, 15) is 9.59 Å². The van der Waals surface area contributed by atoms with E-state index in [0.29, 0.717) is 33.8 Å². The Morgan fingerprint density at radius 2 is 1.79 bits per heavy atom. The Hall–Kier alpha value is -3.19. The molecule has 1 aromatic carbocycles. The zero-order chi connectivity index (χ0) is 23.1. The number of pyridine rings is 1. The molecule has 2 aliphatic rings. The molecule has 2 aliphatic carbocycles. The van der Waals surface area contributed by atoms with E-state index in [1.165, 1.54) is 12.7 Å². The van der Waals surface area contributed by atoms with Gasteiger partial charge in [0.15, 0.2) is 0 Å². The lowest BCUT2D eigenvalue weighted by molar-refractivity contribution is -0.119. The van der Waals surface area contributed by atoms with E-state index in [0.717, 1.165) is 29.7 Å². The van der Waals surface area contributed by atoms with Crippen molar-refractivity contribution in [1.82, 2.24) is 15.5 Å². The highest BCUT2D eigenvalue weighted by molar-refractivity contribution is 6.33. The number of benzene rings is 1. The summed E-state index contributed by atoms with van der Waals surface area (Å²) in [5.74, 6) is 0.935. The molecule has 2 heterocycles. The highest BCUT2D eigenvalue weighted by atomic mass is 35.5. The molecule has 5 rings (SSSR count). The lowest BCUT2D eigenvalue weighted by Gasteiger charge is -2.25. The maximum Gasteiger partial charge on any atom is 0.257 e. The second kappa shape index (κ2) is 8.63. The maximum atomic E-state index is 13.3. The first-order valence-electron chi connectivity index (χ1n) is 11.1. The van der Waals surface area contributed by atoms with Crippen LogP contribution in [0.5, 0.6) is 0 Å². The molecule has 8 heteroatoms. The Bertz CT molecular complexity index is 1180. The van der Waals surface area contributed by atoms with Crippen LogP contribution < -0.4 is 10.6 Å². The van der Waals surface area contributed by atoms with Gasteiger partial charge in [-0.1, -0.05) is 28.9 Å². The van der Waals surface area contributed by atoms with Gasteiger partial charge < -0.3 is 15.2 Å². The number of aromatic nitrogens is 2. The van der Waals surface area contributed by atoms with Crippen LogP contribution in [-0.4, -0.2) is 28.0 Å². The summed E-state index contributed by atoms with van der Waals surface area (Å²) in [6.07, 6.45) is 6.16. The third kappa shape index (κ3) is 4.37. The van der Waals surface area contributed by atoms with Gasteiger partial charge in [-0.15, -0.1) is 0 Å². The van der Waals surface area contributed by atoms with E-state index in [-0.39, 0.29) is 17.7 Å². The summed E-state index contributed by atoms with van der Waals surface area (Å²) in [5.41, 5.74) is 4.14. The number of rotatable bonds is 6. The van der Waals surface area contributed by atoms with Crippen LogP contribution in [-0.2, 0) is 4.79 Å². The first-order valence-corrected chi connectivity index (χ1v) is 11.5. The van der Waals surface area contributed by atoms with Crippen molar-refractivity contribution in [2.45, 2.75) is 39.2 Å². The predicted octanol–water partition coefficient (Wildman–Crippen LogP) is 4.79. The summed E-state index contributed by atoms with van der Waals surface area (Å²) in [5, 5.41) is 10.3. The first kappa shape index (κ1) is 21.6. The zero-order valence-electron chi connectivity index (χ0n) is 18.5. The largest absolute Gasteiger partial charge is 0.364 e. The van der Waals surface area contributed by atoms with Gasteiger partial charge in [0.1, 0.15) is 17.9 Å². The Labute approximate surface area is 196 Å². The quantitative estimate of drug-likeness (QED) is 0.546. The van der Waals surface area contributed by atoms with Crippen LogP contribution in [0.15, 0.2) is 47.3 Å². The van der Waals surface area contributed by atoms with Gasteiger partial charge in [-0.25, -0.2) is 0 Å². The van der Waals surface area contributed by atoms with Gasteiger partial charge in [0, 0.05) is 23.1 Å². The van der Waals surface area contributed by atoms with Crippen molar-refractivity contribution in [1.29, 1.82) is 0 Å². The number of hydrogen-bond donors (Lipinski definition) is 2. The van der Waals surface area contributed by atoms with E-state index in [2.05, 4.69) is 20.8 Å². The van der Waals surface area contributed by atoms with E-state index >= 15 is 0 Å². The lowest BCUT2D eigenvalue weighted by Crippen LogP contribution is -2.48. The fraction of sp³-hybridized carbons (Fsp3) is 0.360. The second-order valence-electron chi connectivity index (χ2n) is 9.07. The molecule has 0 radical (unpaired) electrons. The molecule has 0 bridgehead atoms. The molecule has 2 aromatic heterocycles. The molecule has 3 aromatic rings. The number of fused-ring (bicyclic) bond motifs is 1. The van der Waals surface area contributed by atoms with Crippen LogP contribution in [0.25, 0.3) is 11.1 Å². The number of halogens is 1. The van der Waals surface area contributed by atoms with Crippen LogP contribution in [0, 0.1) is 31.6 Å². The normalized spacial score (nSPS) is 21.8. The molecule has 33 heavy (non-hydrogen) atoms. The van der Waals surface area contributed by atoms with Crippen molar-refractivity contribution in [3.05, 3.63) is 64.8 Å². The molecule has 0 spiro atoms. The minimum Gasteiger partial charge on any atom is -0.364 e. The van der Waals surface area contributed by atoms with E-state index in [1.807, 2.05) is 31.2 Å². The number of carbonyl (C=O) groups is 2. The first-order chi connectivity index (χ1) is 15.9. The molecule has 7 nitrogen and oxygen atoms in total. The SMILES string of the molecule is Cc1nocc1C(=O)N[C@H](C(=O)Nc1ccc(-c2c(Cl)ccnc2C)cc1)[C@H]1C[C@H]2C[C@H]2C1. The average molecular weight is 465 g/mol. The monoisotopic (exact) mass is 464 g/mol. The van der Waals surface area contributed by atoms with E-state index in [1.54, 1.807) is 19.2 Å². The minimum absolute atomic E-state index is 0.119. The summed E-state index contributed by atoms with van der Waals surface area (Å²) < 4.78 is 4.89. The number of anilines is 1. The van der Waals surface area contributed by atoms with Crippen LogP contribution in [0.1, 0.15) is 41.0 Å². The number of nitrogens with zero attached hydrogens (tertiary/aromatic N) is 2. The van der Waals surface area contributed by atoms with Crippen molar-refractivity contribution in [3.8, 4) is 11.1 Å². The van der Waals surface area contributed by atoms with Gasteiger partial charge in [-0.3, -0.25) is 14.6 Å². The highest BCUT2D eigenvalue weighted by Gasteiger charge is 2.49. The van der Waals surface area contributed by atoms with Crippen molar-refractivity contribution >= 4 is 29.1 Å². The van der Waals surface area contributed by atoms with Crippen molar-refractivity contribution < 1.29 is 14.1 Å². The zero-order valence-corrected chi connectivity index (χ0v) is 19.2. The maximum absolute atomic E-state index is 13.3. The van der Waals surface area contributed by atoms with Gasteiger partial charge in [0.2, 0.25) is 5.91 Å². The molecular formula is C25H25ClN4O3. The topological polar surface area (TPSA) is 97.1 Å².